The molecule has 2 N–H and O–H groups in total. The molecule has 4 heteroatoms. The van der Waals surface area contributed by atoms with Gasteiger partial charge in [0.25, 0.3) is 0 Å². The van der Waals surface area contributed by atoms with Crippen LogP contribution in [0.1, 0.15) is 24.8 Å². The van der Waals surface area contributed by atoms with Gasteiger partial charge in [0.15, 0.2) is 0 Å². The van der Waals surface area contributed by atoms with E-state index < -0.39 is 5.60 Å². The molecule has 1 saturated heterocycles. The van der Waals surface area contributed by atoms with Gasteiger partial charge in [-0.25, -0.2) is 0 Å². The van der Waals surface area contributed by atoms with Crippen molar-refractivity contribution >= 4 is 22.9 Å². The van der Waals surface area contributed by atoms with Crippen molar-refractivity contribution in [2.75, 3.05) is 13.1 Å². The highest BCUT2D eigenvalue weighted by molar-refractivity contribution is 7.14. The number of hydrogen-bond acceptors (Lipinski definition) is 3. The molecule has 2 rings (SSSR count). The van der Waals surface area contributed by atoms with Gasteiger partial charge in [-0.05, 0) is 43.8 Å². The Morgan fingerprint density at radius 3 is 3.00 bits per heavy atom. The summed E-state index contributed by atoms with van der Waals surface area (Å²) >= 11 is 7.54. The maximum atomic E-state index is 10.5. The fourth-order valence-corrected chi connectivity index (χ4v) is 3.05. The van der Waals surface area contributed by atoms with Gasteiger partial charge < -0.3 is 10.4 Å². The normalized spacial score (nSPS) is 28.7. The van der Waals surface area contributed by atoms with Gasteiger partial charge in [-0.2, -0.15) is 0 Å². The van der Waals surface area contributed by atoms with Crippen molar-refractivity contribution < 1.29 is 5.11 Å². The van der Waals surface area contributed by atoms with Crippen molar-refractivity contribution in [2.45, 2.75) is 24.9 Å². The van der Waals surface area contributed by atoms with Gasteiger partial charge >= 0.3 is 0 Å². The number of rotatable bonds is 1. The SMILES string of the molecule is OC1(c2ccsc2Cl)CCCNCC1. The van der Waals surface area contributed by atoms with Crippen LogP contribution in [0.3, 0.4) is 0 Å². The second kappa shape index (κ2) is 4.19. The van der Waals surface area contributed by atoms with Gasteiger partial charge in [-0.3, -0.25) is 0 Å². The van der Waals surface area contributed by atoms with Crippen LogP contribution < -0.4 is 5.32 Å². The Bertz CT molecular complexity index is 305. The van der Waals surface area contributed by atoms with Gasteiger partial charge in [0.2, 0.25) is 0 Å². The lowest BCUT2D eigenvalue weighted by atomic mass is 9.89. The minimum Gasteiger partial charge on any atom is -0.385 e. The Morgan fingerprint density at radius 2 is 2.29 bits per heavy atom. The third-order valence-corrected chi connectivity index (χ3v) is 3.95. The molecule has 0 aliphatic carbocycles. The highest BCUT2D eigenvalue weighted by Crippen LogP contribution is 2.38. The van der Waals surface area contributed by atoms with Gasteiger partial charge in [-0.1, -0.05) is 11.6 Å². The molecule has 0 amide bonds. The molecule has 1 aromatic rings. The molecule has 0 saturated carbocycles. The Kier molecular flexibility index (Phi) is 3.12. The third kappa shape index (κ3) is 1.96. The Balaban J connectivity index is 2.25. The molecule has 1 unspecified atom stereocenters. The summed E-state index contributed by atoms with van der Waals surface area (Å²) in [5.74, 6) is 0. The van der Waals surface area contributed by atoms with Crippen molar-refractivity contribution in [1.82, 2.24) is 5.32 Å². The zero-order valence-corrected chi connectivity index (χ0v) is 9.50. The van der Waals surface area contributed by atoms with E-state index in [4.69, 9.17) is 11.6 Å². The Hall–Kier alpha value is -0.0900. The van der Waals surface area contributed by atoms with Gasteiger partial charge in [-0.15, -0.1) is 11.3 Å². The van der Waals surface area contributed by atoms with Crippen LogP contribution in [0, 0.1) is 0 Å². The predicted molar refractivity (Wildman–Crippen MR) is 59.9 cm³/mol. The van der Waals surface area contributed by atoms with Crippen molar-refractivity contribution in [2.24, 2.45) is 0 Å². The van der Waals surface area contributed by atoms with Crippen LogP contribution in [-0.2, 0) is 5.60 Å². The highest BCUT2D eigenvalue weighted by atomic mass is 35.5. The summed E-state index contributed by atoms with van der Waals surface area (Å²) in [5.41, 5.74) is 0.202. The second-order valence-electron chi connectivity index (χ2n) is 3.74. The maximum absolute atomic E-state index is 10.5. The van der Waals surface area contributed by atoms with E-state index in [1.165, 1.54) is 11.3 Å². The first-order chi connectivity index (χ1) is 6.72. The van der Waals surface area contributed by atoms with E-state index in [-0.39, 0.29) is 0 Å². The maximum Gasteiger partial charge on any atom is 0.0989 e. The lowest BCUT2D eigenvalue weighted by Crippen LogP contribution is -2.26. The van der Waals surface area contributed by atoms with Crippen LogP contribution in [0.2, 0.25) is 4.34 Å². The summed E-state index contributed by atoms with van der Waals surface area (Å²) in [4.78, 5) is 0. The standard InChI is InChI=1S/C10H14ClNOS/c11-9-8(2-7-14-9)10(13)3-1-5-12-6-4-10/h2,7,12-13H,1,3-6H2. The number of hydrogen-bond donors (Lipinski definition) is 2. The molecule has 1 aromatic heterocycles. The molecule has 1 fully saturated rings. The fraction of sp³-hybridized carbons (Fsp3) is 0.600. The van der Waals surface area contributed by atoms with E-state index in [0.717, 1.165) is 42.3 Å². The zero-order valence-electron chi connectivity index (χ0n) is 7.92. The number of thiophene rings is 1. The molecule has 0 bridgehead atoms. The van der Waals surface area contributed by atoms with E-state index in [0.29, 0.717) is 0 Å². The molecule has 1 aliphatic heterocycles. The molecule has 0 radical (unpaired) electrons. The molecule has 78 valence electrons. The second-order valence-corrected chi connectivity index (χ2v) is 5.26. The van der Waals surface area contributed by atoms with Crippen molar-refractivity contribution in [1.29, 1.82) is 0 Å². The predicted octanol–water partition coefficient (Wildman–Crippen LogP) is 2.36. The van der Waals surface area contributed by atoms with E-state index in [2.05, 4.69) is 5.32 Å². The first-order valence-electron chi connectivity index (χ1n) is 4.89. The summed E-state index contributed by atoms with van der Waals surface area (Å²) in [6.07, 6.45) is 2.56. The fourth-order valence-electron chi connectivity index (χ4n) is 1.95. The summed E-state index contributed by atoms with van der Waals surface area (Å²) in [7, 11) is 0. The van der Waals surface area contributed by atoms with Crippen LogP contribution >= 0.6 is 22.9 Å². The smallest absolute Gasteiger partial charge is 0.0989 e. The summed E-state index contributed by atoms with van der Waals surface area (Å²) in [6, 6.07) is 1.94. The minimum absolute atomic E-state index is 0.708. The first kappa shape index (κ1) is 10.4. The molecule has 2 nitrogen and oxygen atoms in total. The monoisotopic (exact) mass is 231 g/mol. The highest BCUT2D eigenvalue weighted by Gasteiger charge is 2.32. The topological polar surface area (TPSA) is 32.3 Å². The third-order valence-electron chi connectivity index (χ3n) is 2.78. The van der Waals surface area contributed by atoms with Gasteiger partial charge in [0.1, 0.15) is 0 Å². The molecule has 0 spiro atoms. The molecule has 1 atom stereocenters. The molecule has 0 aromatic carbocycles. The van der Waals surface area contributed by atoms with Crippen molar-refractivity contribution in [3.8, 4) is 0 Å². The van der Waals surface area contributed by atoms with E-state index >= 15 is 0 Å². The van der Waals surface area contributed by atoms with E-state index in [1.54, 1.807) is 0 Å². The molecular weight excluding hydrogens is 218 g/mol. The van der Waals surface area contributed by atoms with Crippen LogP contribution in [0.5, 0.6) is 0 Å². The largest absolute Gasteiger partial charge is 0.385 e. The van der Waals surface area contributed by atoms with Crippen LogP contribution in [-0.4, -0.2) is 18.2 Å². The number of nitrogens with one attached hydrogen (secondary N) is 1. The molecule has 1 aliphatic rings. The minimum atomic E-state index is -0.708. The van der Waals surface area contributed by atoms with Crippen molar-refractivity contribution in [3.05, 3.63) is 21.3 Å². The lowest BCUT2D eigenvalue weighted by Gasteiger charge is -2.25. The summed E-state index contributed by atoms with van der Waals surface area (Å²) < 4.78 is 0.731. The van der Waals surface area contributed by atoms with E-state index in [9.17, 15) is 5.11 Å². The molecule has 14 heavy (non-hydrogen) atoms. The van der Waals surface area contributed by atoms with Crippen molar-refractivity contribution in [3.63, 3.8) is 0 Å². The summed E-state index contributed by atoms with van der Waals surface area (Å²) in [6.45, 7) is 1.85. The summed E-state index contributed by atoms with van der Waals surface area (Å²) in [5, 5.41) is 15.7. The first-order valence-corrected chi connectivity index (χ1v) is 6.15. The Labute approximate surface area is 92.9 Å². The van der Waals surface area contributed by atoms with Crippen LogP contribution in [0.15, 0.2) is 11.4 Å². The average molecular weight is 232 g/mol. The molecular formula is C10H14ClNOS. The number of halogens is 1. The van der Waals surface area contributed by atoms with Gasteiger partial charge in [0, 0.05) is 5.56 Å². The van der Waals surface area contributed by atoms with Gasteiger partial charge in [0.05, 0.1) is 9.94 Å². The number of aliphatic hydroxyl groups is 1. The Morgan fingerprint density at radius 1 is 1.43 bits per heavy atom. The van der Waals surface area contributed by atoms with Crippen LogP contribution in [0.25, 0.3) is 0 Å². The van der Waals surface area contributed by atoms with Crippen LogP contribution in [0.4, 0.5) is 0 Å². The lowest BCUT2D eigenvalue weighted by molar-refractivity contribution is 0.0246. The zero-order chi connectivity index (χ0) is 10.0. The van der Waals surface area contributed by atoms with E-state index in [1.807, 2.05) is 11.4 Å². The quantitative estimate of drug-likeness (QED) is 0.778. The molecule has 2 heterocycles. The average Bonchev–Trinajstić information content (AvgIpc) is 2.46.